The van der Waals surface area contributed by atoms with Gasteiger partial charge in [0.25, 0.3) is 0 Å². The van der Waals surface area contributed by atoms with Crippen molar-refractivity contribution in [3.8, 4) is 0 Å². The molecule has 0 saturated carbocycles. The van der Waals surface area contributed by atoms with Gasteiger partial charge in [0.15, 0.2) is 0 Å². The molecule has 1 amide bonds. The number of carbonyl (C=O) groups excluding carboxylic acids is 1. The summed E-state index contributed by atoms with van der Waals surface area (Å²) in [4.78, 5) is 15.6. The van der Waals surface area contributed by atoms with E-state index in [4.69, 9.17) is 11.6 Å². The second kappa shape index (κ2) is 7.95. The van der Waals surface area contributed by atoms with Gasteiger partial charge >= 0.3 is 0 Å². The Morgan fingerprint density at radius 2 is 1.92 bits per heavy atom. The van der Waals surface area contributed by atoms with Crippen molar-refractivity contribution < 1.29 is 4.79 Å². The van der Waals surface area contributed by atoms with Gasteiger partial charge in [-0.2, -0.15) is 0 Å². The van der Waals surface area contributed by atoms with Crippen molar-refractivity contribution in [1.82, 2.24) is 4.90 Å². The van der Waals surface area contributed by atoms with Crippen LogP contribution in [0.4, 0.5) is 5.69 Å². The van der Waals surface area contributed by atoms with Crippen LogP contribution in [0.15, 0.2) is 59.5 Å². The van der Waals surface area contributed by atoms with Gasteiger partial charge in [-0.05, 0) is 37.6 Å². The minimum Gasteiger partial charge on any atom is -0.380 e. The monoisotopic (exact) mass is 360 g/mol. The van der Waals surface area contributed by atoms with E-state index in [0.29, 0.717) is 11.1 Å². The van der Waals surface area contributed by atoms with Gasteiger partial charge in [-0.15, -0.1) is 11.8 Å². The van der Waals surface area contributed by atoms with E-state index in [0.717, 1.165) is 30.1 Å². The first-order valence-electron chi connectivity index (χ1n) is 8.15. The van der Waals surface area contributed by atoms with Gasteiger partial charge in [0, 0.05) is 29.7 Å². The molecule has 2 atom stereocenters. The Balaban J connectivity index is 1.55. The first-order chi connectivity index (χ1) is 11.6. The van der Waals surface area contributed by atoms with Crippen molar-refractivity contribution in [3.05, 3.63) is 59.6 Å². The van der Waals surface area contributed by atoms with Crippen LogP contribution in [-0.2, 0) is 4.79 Å². The Morgan fingerprint density at radius 3 is 2.67 bits per heavy atom. The van der Waals surface area contributed by atoms with E-state index >= 15 is 0 Å². The van der Waals surface area contributed by atoms with E-state index in [2.05, 4.69) is 17.4 Å². The lowest BCUT2D eigenvalue weighted by Crippen LogP contribution is -2.36. The third kappa shape index (κ3) is 4.25. The minimum absolute atomic E-state index is 0.139. The summed E-state index contributed by atoms with van der Waals surface area (Å²) in [5, 5.41) is 4.06. The van der Waals surface area contributed by atoms with Crippen LogP contribution in [0.3, 0.4) is 0 Å². The van der Waals surface area contributed by atoms with Crippen molar-refractivity contribution in [2.75, 3.05) is 18.4 Å². The molecule has 126 valence electrons. The molecule has 1 N–H and O–H groups in total. The number of thioether (sulfide) groups is 1. The molecule has 2 aromatic rings. The van der Waals surface area contributed by atoms with Crippen LogP contribution in [0, 0.1) is 0 Å². The van der Waals surface area contributed by atoms with Gasteiger partial charge in [0.2, 0.25) is 5.91 Å². The molecular weight excluding hydrogens is 340 g/mol. The molecule has 2 aromatic carbocycles. The van der Waals surface area contributed by atoms with Crippen LogP contribution in [-0.4, -0.2) is 35.2 Å². The highest BCUT2D eigenvalue weighted by molar-refractivity contribution is 8.00. The Kier molecular flexibility index (Phi) is 5.69. The molecule has 1 aliphatic rings. The number of amides is 1. The maximum absolute atomic E-state index is 12.7. The lowest BCUT2D eigenvalue weighted by atomic mass is 10.2. The van der Waals surface area contributed by atoms with E-state index < -0.39 is 0 Å². The average Bonchev–Trinajstić information content (AvgIpc) is 3.05. The highest BCUT2D eigenvalue weighted by atomic mass is 35.5. The molecule has 5 heteroatoms. The number of rotatable bonds is 5. The molecule has 24 heavy (non-hydrogen) atoms. The van der Waals surface area contributed by atoms with E-state index in [1.54, 1.807) is 0 Å². The van der Waals surface area contributed by atoms with Gasteiger partial charge in [-0.1, -0.05) is 41.9 Å². The largest absolute Gasteiger partial charge is 0.380 e. The first kappa shape index (κ1) is 17.2. The van der Waals surface area contributed by atoms with Crippen molar-refractivity contribution in [2.24, 2.45) is 0 Å². The summed E-state index contributed by atoms with van der Waals surface area (Å²) in [5.74, 6) is 0.178. The number of halogens is 1. The van der Waals surface area contributed by atoms with E-state index in [-0.39, 0.29) is 11.2 Å². The molecule has 3 nitrogen and oxygen atoms in total. The third-order valence-electron chi connectivity index (χ3n) is 4.13. The molecule has 1 fully saturated rings. The fraction of sp³-hybridized carbons (Fsp3) is 0.316. The fourth-order valence-electron chi connectivity index (χ4n) is 2.89. The summed E-state index contributed by atoms with van der Waals surface area (Å²) < 4.78 is 0. The van der Waals surface area contributed by atoms with Gasteiger partial charge in [-0.3, -0.25) is 4.79 Å². The zero-order chi connectivity index (χ0) is 16.9. The van der Waals surface area contributed by atoms with Gasteiger partial charge in [0.05, 0.1) is 10.3 Å². The van der Waals surface area contributed by atoms with E-state index in [1.165, 1.54) is 11.8 Å². The quantitative estimate of drug-likeness (QED) is 0.795. The molecule has 0 aliphatic carbocycles. The molecule has 0 radical (unpaired) electrons. The minimum atomic E-state index is -0.139. The van der Waals surface area contributed by atoms with Gasteiger partial charge in [0.1, 0.15) is 0 Å². The maximum atomic E-state index is 12.7. The van der Waals surface area contributed by atoms with Gasteiger partial charge < -0.3 is 10.2 Å². The number of likely N-dealkylation sites (tertiary alicyclic amines) is 1. The zero-order valence-electron chi connectivity index (χ0n) is 13.6. The smallest absolute Gasteiger partial charge is 0.235 e. The Labute approximate surface area is 152 Å². The molecular formula is C19H21ClN2OS. The second-order valence-corrected chi connectivity index (χ2v) is 7.76. The Morgan fingerprint density at radius 1 is 1.21 bits per heavy atom. The standard InChI is InChI=1S/C19H21ClN2OS/c1-14(24-18-10-6-5-9-17(18)20)19(23)22-12-11-16(13-22)21-15-7-3-2-4-8-15/h2-10,14,16,21H,11-13H2,1H3. The Hall–Kier alpha value is -1.65. The van der Waals surface area contributed by atoms with Crippen molar-refractivity contribution >= 4 is 35.0 Å². The molecule has 0 aromatic heterocycles. The highest BCUT2D eigenvalue weighted by Crippen LogP contribution is 2.31. The second-order valence-electron chi connectivity index (χ2n) is 5.97. The number of benzene rings is 2. The van der Waals surface area contributed by atoms with E-state index in [9.17, 15) is 4.79 Å². The SMILES string of the molecule is CC(Sc1ccccc1Cl)C(=O)N1CCC(Nc2ccccc2)C1. The normalized spacial score (nSPS) is 18.4. The van der Waals surface area contributed by atoms with Crippen LogP contribution in [0.1, 0.15) is 13.3 Å². The molecule has 0 bridgehead atoms. The van der Waals surface area contributed by atoms with Crippen LogP contribution in [0.5, 0.6) is 0 Å². The number of nitrogens with zero attached hydrogens (tertiary/aromatic N) is 1. The molecule has 1 saturated heterocycles. The maximum Gasteiger partial charge on any atom is 0.235 e. The van der Waals surface area contributed by atoms with Crippen LogP contribution < -0.4 is 5.32 Å². The summed E-state index contributed by atoms with van der Waals surface area (Å²) in [6, 6.07) is 18.1. The van der Waals surface area contributed by atoms with E-state index in [1.807, 2.05) is 54.3 Å². The summed E-state index contributed by atoms with van der Waals surface area (Å²) in [5.41, 5.74) is 1.11. The summed E-state index contributed by atoms with van der Waals surface area (Å²) in [7, 11) is 0. The van der Waals surface area contributed by atoms with Crippen LogP contribution in [0.25, 0.3) is 0 Å². The molecule has 1 heterocycles. The Bertz CT molecular complexity index is 695. The molecule has 3 rings (SSSR count). The molecule has 2 unspecified atom stereocenters. The topological polar surface area (TPSA) is 32.3 Å². The summed E-state index contributed by atoms with van der Waals surface area (Å²) in [6.45, 7) is 3.51. The average molecular weight is 361 g/mol. The number of carbonyl (C=O) groups is 1. The summed E-state index contributed by atoms with van der Waals surface area (Å²) in [6.07, 6.45) is 0.976. The third-order valence-corrected chi connectivity index (χ3v) is 5.74. The lowest BCUT2D eigenvalue weighted by molar-refractivity contribution is -0.129. The highest BCUT2D eigenvalue weighted by Gasteiger charge is 2.29. The first-order valence-corrected chi connectivity index (χ1v) is 9.41. The number of hydrogen-bond acceptors (Lipinski definition) is 3. The van der Waals surface area contributed by atoms with Crippen LogP contribution >= 0.6 is 23.4 Å². The van der Waals surface area contributed by atoms with Crippen LogP contribution in [0.2, 0.25) is 5.02 Å². The fourth-order valence-corrected chi connectivity index (χ4v) is 4.12. The number of anilines is 1. The van der Waals surface area contributed by atoms with Crippen molar-refractivity contribution in [1.29, 1.82) is 0 Å². The number of hydrogen-bond donors (Lipinski definition) is 1. The predicted molar refractivity (Wildman–Crippen MR) is 102 cm³/mol. The number of para-hydroxylation sites is 1. The lowest BCUT2D eigenvalue weighted by Gasteiger charge is -2.21. The van der Waals surface area contributed by atoms with Crippen molar-refractivity contribution in [2.45, 2.75) is 29.5 Å². The molecule has 1 aliphatic heterocycles. The zero-order valence-corrected chi connectivity index (χ0v) is 15.2. The summed E-state index contributed by atoms with van der Waals surface area (Å²) >= 11 is 7.72. The van der Waals surface area contributed by atoms with Gasteiger partial charge in [-0.25, -0.2) is 0 Å². The molecule has 0 spiro atoms. The number of nitrogens with one attached hydrogen (secondary N) is 1. The predicted octanol–water partition coefficient (Wildman–Crippen LogP) is 4.53. The van der Waals surface area contributed by atoms with Crippen molar-refractivity contribution in [3.63, 3.8) is 0 Å².